The van der Waals surface area contributed by atoms with Crippen molar-refractivity contribution in [1.29, 1.82) is 0 Å². The Balaban J connectivity index is 1.87. The Kier molecular flexibility index (Phi) is 8.40. The van der Waals surface area contributed by atoms with Crippen LogP contribution in [0.4, 0.5) is 0 Å². The molecule has 1 fully saturated rings. The van der Waals surface area contributed by atoms with Crippen molar-refractivity contribution in [3.63, 3.8) is 0 Å². The minimum atomic E-state index is -1.37. The van der Waals surface area contributed by atoms with Gasteiger partial charge in [-0.3, -0.25) is 14.4 Å². The van der Waals surface area contributed by atoms with Crippen LogP contribution in [0.3, 0.4) is 0 Å². The van der Waals surface area contributed by atoms with E-state index in [1.165, 1.54) is 25.3 Å². The summed E-state index contributed by atoms with van der Waals surface area (Å²) in [6.07, 6.45) is -0.653. The van der Waals surface area contributed by atoms with Crippen molar-refractivity contribution in [3.05, 3.63) is 59.9 Å². The molecule has 3 rings (SSSR count). The highest BCUT2D eigenvalue weighted by Gasteiger charge is 2.42. The highest BCUT2D eigenvalue weighted by molar-refractivity contribution is 5.97. The highest BCUT2D eigenvalue weighted by Crippen LogP contribution is 2.25. The number of ether oxygens (including phenoxy) is 3. The maximum atomic E-state index is 13.1. The van der Waals surface area contributed by atoms with Crippen LogP contribution in [-0.4, -0.2) is 58.8 Å². The highest BCUT2D eigenvalue weighted by atomic mass is 16.6. The van der Waals surface area contributed by atoms with Crippen LogP contribution in [0.15, 0.2) is 48.7 Å². The Hall–Kier alpha value is -3.95. The van der Waals surface area contributed by atoms with Crippen LogP contribution in [-0.2, 0) is 35.0 Å². The predicted molar refractivity (Wildman–Crippen MR) is 122 cm³/mol. The molecule has 35 heavy (non-hydrogen) atoms. The summed E-state index contributed by atoms with van der Waals surface area (Å²) in [6.45, 7) is 4.30. The minimum absolute atomic E-state index is 0.177. The molecule has 4 atom stereocenters. The predicted octanol–water partition coefficient (Wildman–Crippen LogP) is 1.80. The molecule has 2 N–H and O–H groups in total. The van der Waals surface area contributed by atoms with Gasteiger partial charge in [-0.15, -0.1) is 0 Å². The quantitative estimate of drug-likeness (QED) is 0.464. The van der Waals surface area contributed by atoms with Crippen molar-refractivity contribution < 1.29 is 38.5 Å². The molecule has 1 aliphatic heterocycles. The molecule has 1 aromatic carbocycles. The smallest absolute Gasteiger partial charge is 0.332 e. The Morgan fingerprint density at radius 3 is 2.51 bits per heavy atom. The molecule has 1 aromatic heterocycles. The van der Waals surface area contributed by atoms with Gasteiger partial charge in [-0.1, -0.05) is 44.2 Å². The largest absolute Gasteiger partial charge is 0.505 e. The molecule has 186 valence electrons. The van der Waals surface area contributed by atoms with E-state index in [-0.39, 0.29) is 17.9 Å². The summed E-state index contributed by atoms with van der Waals surface area (Å²) in [7, 11) is 0. The summed E-state index contributed by atoms with van der Waals surface area (Å²) in [5.41, 5.74) is 0.499. The van der Waals surface area contributed by atoms with Gasteiger partial charge < -0.3 is 24.6 Å². The number of pyridine rings is 1. The van der Waals surface area contributed by atoms with Gasteiger partial charge in [-0.05, 0) is 31.0 Å². The van der Waals surface area contributed by atoms with E-state index in [0.29, 0.717) is 0 Å². The first-order valence-electron chi connectivity index (χ1n) is 11.2. The SMILES string of the molecule is CC(C)C(=O)OC1C(C)OC(=O)C(NC(=O)c2ncccc2O)COC(=O)C1Cc1ccccc1. The number of benzene rings is 1. The number of carbonyl (C=O) groups excluding carboxylic acids is 4. The standard InChI is InChI=1S/C25H28N2O8/c1-14(2)23(30)35-21-15(3)34-25(32)18(27-22(29)20-19(28)10-7-11-26-20)13-33-24(31)17(21)12-16-8-5-4-6-9-16/h4-11,14-15,17-18,21,28H,12-13H2,1-3H3,(H,27,29). The Morgan fingerprint density at radius 1 is 1.14 bits per heavy atom. The number of nitrogens with zero attached hydrogens (tertiary/aromatic N) is 1. The van der Waals surface area contributed by atoms with Gasteiger partial charge in [0, 0.05) is 6.20 Å². The van der Waals surface area contributed by atoms with Crippen LogP contribution < -0.4 is 5.32 Å². The molecule has 10 heteroatoms. The van der Waals surface area contributed by atoms with E-state index in [4.69, 9.17) is 14.2 Å². The lowest BCUT2D eigenvalue weighted by Crippen LogP contribution is -2.47. The fourth-order valence-electron chi connectivity index (χ4n) is 3.55. The third kappa shape index (κ3) is 6.56. The van der Waals surface area contributed by atoms with E-state index < -0.39 is 60.5 Å². The van der Waals surface area contributed by atoms with Crippen LogP contribution >= 0.6 is 0 Å². The van der Waals surface area contributed by atoms with Crippen LogP contribution in [0.2, 0.25) is 0 Å². The van der Waals surface area contributed by atoms with Gasteiger partial charge in [0.25, 0.3) is 5.91 Å². The Labute approximate surface area is 202 Å². The summed E-state index contributed by atoms with van der Waals surface area (Å²) in [5.74, 6) is -4.82. The average Bonchev–Trinajstić information content (AvgIpc) is 2.86. The second-order valence-electron chi connectivity index (χ2n) is 8.52. The molecule has 10 nitrogen and oxygen atoms in total. The first kappa shape index (κ1) is 25.7. The number of cyclic esters (lactones) is 2. The van der Waals surface area contributed by atoms with Crippen molar-refractivity contribution in [2.75, 3.05) is 6.61 Å². The maximum Gasteiger partial charge on any atom is 0.332 e. The van der Waals surface area contributed by atoms with Gasteiger partial charge in [0.15, 0.2) is 17.8 Å². The average molecular weight is 485 g/mol. The van der Waals surface area contributed by atoms with Gasteiger partial charge in [-0.2, -0.15) is 0 Å². The molecular weight excluding hydrogens is 456 g/mol. The fraction of sp³-hybridized carbons (Fsp3) is 0.400. The van der Waals surface area contributed by atoms with E-state index in [1.807, 2.05) is 30.3 Å². The second-order valence-corrected chi connectivity index (χ2v) is 8.52. The molecule has 0 spiro atoms. The third-order valence-corrected chi connectivity index (χ3v) is 5.47. The summed E-state index contributed by atoms with van der Waals surface area (Å²) < 4.78 is 16.5. The van der Waals surface area contributed by atoms with E-state index in [0.717, 1.165) is 5.56 Å². The Morgan fingerprint density at radius 2 is 1.86 bits per heavy atom. The zero-order valence-corrected chi connectivity index (χ0v) is 19.7. The molecule has 1 saturated heterocycles. The topological polar surface area (TPSA) is 141 Å². The van der Waals surface area contributed by atoms with E-state index >= 15 is 0 Å². The van der Waals surface area contributed by atoms with Gasteiger partial charge in [0.05, 0.1) is 5.92 Å². The molecule has 1 amide bonds. The van der Waals surface area contributed by atoms with Gasteiger partial charge in [0.1, 0.15) is 24.4 Å². The van der Waals surface area contributed by atoms with Crippen LogP contribution in [0, 0.1) is 11.8 Å². The number of nitrogens with one attached hydrogen (secondary N) is 1. The number of carbonyl (C=O) groups is 4. The molecule has 4 unspecified atom stereocenters. The lowest BCUT2D eigenvalue weighted by molar-refractivity contribution is -0.176. The monoisotopic (exact) mass is 484 g/mol. The summed E-state index contributed by atoms with van der Waals surface area (Å²) >= 11 is 0. The fourth-order valence-corrected chi connectivity index (χ4v) is 3.55. The van der Waals surface area contributed by atoms with Crippen LogP contribution in [0.1, 0.15) is 36.8 Å². The number of amides is 1. The maximum absolute atomic E-state index is 13.1. The molecular formula is C25H28N2O8. The van der Waals surface area contributed by atoms with Gasteiger partial charge >= 0.3 is 17.9 Å². The Bertz CT molecular complexity index is 1070. The van der Waals surface area contributed by atoms with Crippen LogP contribution in [0.25, 0.3) is 0 Å². The van der Waals surface area contributed by atoms with Gasteiger partial charge in [0.2, 0.25) is 0 Å². The molecule has 0 saturated carbocycles. The summed E-state index contributed by atoms with van der Waals surface area (Å²) in [4.78, 5) is 54.8. The number of rotatable bonds is 6. The number of hydrogen-bond acceptors (Lipinski definition) is 9. The summed E-state index contributed by atoms with van der Waals surface area (Å²) in [6, 6.07) is 10.4. The number of hydrogen-bond donors (Lipinski definition) is 2. The van der Waals surface area contributed by atoms with Crippen molar-refractivity contribution in [2.45, 2.75) is 45.4 Å². The first-order valence-corrected chi connectivity index (χ1v) is 11.2. The van der Waals surface area contributed by atoms with E-state index in [2.05, 4.69) is 10.3 Å². The second kappa shape index (κ2) is 11.5. The molecule has 0 aliphatic carbocycles. The minimum Gasteiger partial charge on any atom is -0.505 e. The molecule has 0 bridgehead atoms. The number of aromatic hydroxyl groups is 1. The number of esters is 3. The normalized spacial score (nSPS) is 22.7. The summed E-state index contributed by atoms with van der Waals surface area (Å²) in [5, 5.41) is 12.3. The van der Waals surface area contributed by atoms with Crippen molar-refractivity contribution in [3.8, 4) is 5.75 Å². The lowest BCUT2D eigenvalue weighted by atomic mass is 9.91. The molecule has 0 radical (unpaired) electrons. The van der Waals surface area contributed by atoms with E-state index in [9.17, 15) is 24.3 Å². The molecule has 2 heterocycles. The van der Waals surface area contributed by atoms with E-state index in [1.54, 1.807) is 13.8 Å². The zero-order chi connectivity index (χ0) is 25.5. The van der Waals surface area contributed by atoms with Crippen molar-refractivity contribution >= 4 is 23.8 Å². The molecule has 1 aliphatic rings. The lowest BCUT2D eigenvalue weighted by Gasteiger charge is -2.29. The zero-order valence-electron chi connectivity index (χ0n) is 19.7. The van der Waals surface area contributed by atoms with Gasteiger partial charge in [-0.25, -0.2) is 9.78 Å². The van der Waals surface area contributed by atoms with Crippen LogP contribution in [0.5, 0.6) is 5.75 Å². The number of aromatic nitrogens is 1. The molecule has 2 aromatic rings. The first-order chi connectivity index (χ1) is 16.7. The van der Waals surface area contributed by atoms with Crippen molar-refractivity contribution in [1.82, 2.24) is 10.3 Å². The third-order valence-electron chi connectivity index (χ3n) is 5.47. The van der Waals surface area contributed by atoms with Crippen molar-refractivity contribution in [2.24, 2.45) is 11.8 Å².